The zero-order valence-electron chi connectivity index (χ0n) is 16.5. The van der Waals surface area contributed by atoms with E-state index in [-0.39, 0.29) is 18.4 Å². The number of amides is 3. The maximum Gasteiger partial charge on any atom is 0.408 e. The van der Waals surface area contributed by atoms with E-state index in [2.05, 4.69) is 10.3 Å². The van der Waals surface area contributed by atoms with Gasteiger partial charge in [-0.05, 0) is 39.0 Å². The molecule has 1 N–H and O–H groups in total. The van der Waals surface area contributed by atoms with Crippen molar-refractivity contribution in [1.29, 1.82) is 0 Å². The number of nitrogens with zero attached hydrogens (tertiary/aromatic N) is 2. The molecular weight excluding hydrogens is 358 g/mol. The predicted octanol–water partition coefficient (Wildman–Crippen LogP) is 2.99. The van der Waals surface area contributed by atoms with Crippen molar-refractivity contribution in [3.8, 4) is 0 Å². The fourth-order valence-electron chi connectivity index (χ4n) is 2.61. The molecular formula is C21H25N3O4. The fourth-order valence-corrected chi connectivity index (χ4v) is 2.61. The van der Waals surface area contributed by atoms with Crippen molar-refractivity contribution in [1.82, 2.24) is 10.2 Å². The monoisotopic (exact) mass is 383 g/mol. The Hall–Kier alpha value is -3.22. The summed E-state index contributed by atoms with van der Waals surface area (Å²) in [6, 6.07) is 6.05. The lowest BCUT2D eigenvalue weighted by atomic mass is 10.1. The van der Waals surface area contributed by atoms with Crippen LogP contribution in [0.5, 0.6) is 0 Å². The minimum Gasteiger partial charge on any atom is -0.444 e. The van der Waals surface area contributed by atoms with E-state index in [9.17, 15) is 14.4 Å². The first kappa shape index (κ1) is 21.1. The molecule has 1 aliphatic heterocycles. The van der Waals surface area contributed by atoms with Gasteiger partial charge in [-0.25, -0.2) is 4.79 Å². The van der Waals surface area contributed by atoms with E-state index < -0.39 is 17.7 Å². The largest absolute Gasteiger partial charge is 0.444 e. The number of fused-ring (bicyclic) bond motifs is 1. The molecule has 148 valence electrons. The number of imide groups is 1. The summed E-state index contributed by atoms with van der Waals surface area (Å²) in [5.74, 6) is -0.753. The molecule has 7 nitrogen and oxygen atoms in total. The Morgan fingerprint density at radius 3 is 2.29 bits per heavy atom. The van der Waals surface area contributed by atoms with Crippen LogP contribution in [0.4, 0.5) is 4.79 Å². The number of alkyl carbamates (subject to hydrolysis) is 1. The summed E-state index contributed by atoms with van der Waals surface area (Å²) < 4.78 is 5.28. The van der Waals surface area contributed by atoms with Crippen LogP contribution in [0.25, 0.3) is 0 Å². The van der Waals surface area contributed by atoms with Crippen molar-refractivity contribution in [3.05, 3.63) is 59.7 Å². The van der Waals surface area contributed by atoms with Crippen LogP contribution in [-0.4, -0.2) is 54.3 Å². The minimum absolute atomic E-state index is 0.00219. The molecule has 28 heavy (non-hydrogen) atoms. The lowest BCUT2D eigenvalue weighted by Gasteiger charge is -2.24. The maximum absolute atomic E-state index is 12.6. The molecule has 0 saturated heterocycles. The van der Waals surface area contributed by atoms with Crippen LogP contribution in [0.1, 0.15) is 41.5 Å². The summed E-state index contributed by atoms with van der Waals surface area (Å²) in [7, 11) is 1.66. The van der Waals surface area contributed by atoms with E-state index >= 15 is 0 Å². The van der Waals surface area contributed by atoms with Gasteiger partial charge in [0.1, 0.15) is 5.60 Å². The molecule has 0 bridgehead atoms. The van der Waals surface area contributed by atoms with Gasteiger partial charge in [0, 0.05) is 13.3 Å². The molecule has 2 rings (SSSR count). The molecule has 0 aliphatic carbocycles. The number of nitrogens with one attached hydrogen (secondary N) is 1. The zero-order valence-corrected chi connectivity index (χ0v) is 16.5. The highest BCUT2D eigenvalue weighted by Gasteiger charge is 2.36. The van der Waals surface area contributed by atoms with Crippen LogP contribution in [-0.2, 0) is 4.74 Å². The van der Waals surface area contributed by atoms with E-state index in [4.69, 9.17) is 4.74 Å². The van der Waals surface area contributed by atoms with Crippen molar-refractivity contribution in [2.24, 2.45) is 4.99 Å². The highest BCUT2D eigenvalue weighted by atomic mass is 16.6. The normalized spacial score (nSPS) is 15.6. The number of carbonyl (C=O) groups excluding carboxylic acids is 3. The molecule has 0 saturated carbocycles. The third-order valence-corrected chi connectivity index (χ3v) is 3.76. The Labute approximate surface area is 164 Å². The van der Waals surface area contributed by atoms with Gasteiger partial charge in [-0.3, -0.25) is 19.5 Å². The van der Waals surface area contributed by atoms with E-state index in [1.165, 1.54) is 0 Å². The summed E-state index contributed by atoms with van der Waals surface area (Å²) in [5, 5.41) is 2.70. The van der Waals surface area contributed by atoms with Crippen molar-refractivity contribution < 1.29 is 19.1 Å². The highest BCUT2D eigenvalue weighted by molar-refractivity contribution is 6.21. The second kappa shape index (κ2) is 9.12. The average Bonchev–Trinajstić information content (AvgIpc) is 2.85. The Kier molecular flexibility index (Phi) is 6.87. The molecule has 1 atom stereocenters. The number of benzene rings is 1. The molecule has 3 amide bonds. The van der Waals surface area contributed by atoms with Crippen LogP contribution >= 0.6 is 0 Å². The van der Waals surface area contributed by atoms with Crippen LogP contribution in [0.3, 0.4) is 0 Å². The van der Waals surface area contributed by atoms with E-state index in [0.717, 1.165) is 4.90 Å². The first-order valence-corrected chi connectivity index (χ1v) is 8.93. The standard InChI is InChI=1S/C21H25N3O4/c1-21(2,3)28-20(27)23-15(10-6-5-9-13-22-4)14-24-18(25)16-11-7-8-12-17(16)19(24)26/h5-13,15H,14H2,1-4H3,(H,23,27)/b9-5-,10-6+,22-13-/t15-/m0/s1. The summed E-state index contributed by atoms with van der Waals surface area (Å²) in [6.07, 6.45) is 7.85. The van der Waals surface area contributed by atoms with Gasteiger partial charge in [0.15, 0.2) is 0 Å². The van der Waals surface area contributed by atoms with Crippen LogP contribution in [0.2, 0.25) is 0 Å². The number of aliphatic imine (C=N–C) groups is 1. The van der Waals surface area contributed by atoms with Gasteiger partial charge >= 0.3 is 6.09 Å². The molecule has 1 aromatic carbocycles. The minimum atomic E-state index is -0.661. The topological polar surface area (TPSA) is 88.1 Å². The molecule has 0 radical (unpaired) electrons. The average molecular weight is 383 g/mol. The summed E-state index contributed by atoms with van der Waals surface area (Å²) in [4.78, 5) is 42.3. The Morgan fingerprint density at radius 1 is 1.14 bits per heavy atom. The van der Waals surface area contributed by atoms with Gasteiger partial charge in [-0.1, -0.05) is 30.4 Å². The zero-order chi connectivity index (χ0) is 20.7. The van der Waals surface area contributed by atoms with Gasteiger partial charge in [0.25, 0.3) is 11.8 Å². The fraction of sp³-hybridized carbons (Fsp3) is 0.333. The molecule has 0 aromatic heterocycles. The second-order valence-electron chi connectivity index (χ2n) is 7.20. The quantitative estimate of drug-likeness (QED) is 0.465. The second-order valence-corrected chi connectivity index (χ2v) is 7.20. The lowest BCUT2D eigenvalue weighted by molar-refractivity contribution is 0.0483. The molecule has 1 aliphatic rings. The third-order valence-electron chi connectivity index (χ3n) is 3.76. The number of hydrogen-bond donors (Lipinski definition) is 1. The smallest absolute Gasteiger partial charge is 0.408 e. The van der Waals surface area contributed by atoms with Crippen molar-refractivity contribution in [2.45, 2.75) is 32.4 Å². The van der Waals surface area contributed by atoms with Crippen LogP contribution in [0.15, 0.2) is 53.6 Å². The lowest BCUT2D eigenvalue weighted by Crippen LogP contribution is -2.46. The molecule has 0 fully saturated rings. The number of ether oxygens (including phenoxy) is 1. The molecule has 1 heterocycles. The summed E-state index contributed by atoms with van der Waals surface area (Å²) in [6.45, 7) is 5.27. The number of hydrogen-bond acceptors (Lipinski definition) is 5. The Morgan fingerprint density at radius 2 is 1.75 bits per heavy atom. The SMILES string of the molecule is C\N=C/C=C\C=C\[C@@H](CN1C(=O)c2ccccc2C1=O)NC(=O)OC(C)(C)C. The molecule has 0 unspecified atom stereocenters. The molecule has 7 heteroatoms. The Bertz CT molecular complexity index is 799. The van der Waals surface area contributed by atoms with E-state index in [0.29, 0.717) is 11.1 Å². The first-order chi connectivity index (χ1) is 13.2. The number of carbonyl (C=O) groups is 3. The number of rotatable bonds is 6. The van der Waals surface area contributed by atoms with E-state index in [1.54, 1.807) is 82.6 Å². The van der Waals surface area contributed by atoms with Gasteiger partial charge in [0.05, 0.1) is 23.7 Å². The van der Waals surface area contributed by atoms with Crippen LogP contribution in [0, 0.1) is 0 Å². The molecule has 0 spiro atoms. The van der Waals surface area contributed by atoms with Gasteiger partial charge < -0.3 is 10.1 Å². The van der Waals surface area contributed by atoms with Gasteiger partial charge in [-0.2, -0.15) is 0 Å². The maximum atomic E-state index is 12.6. The highest BCUT2D eigenvalue weighted by Crippen LogP contribution is 2.22. The van der Waals surface area contributed by atoms with E-state index in [1.807, 2.05) is 0 Å². The molecule has 1 aromatic rings. The third kappa shape index (κ3) is 5.64. The van der Waals surface area contributed by atoms with Crippen LogP contribution < -0.4 is 5.32 Å². The van der Waals surface area contributed by atoms with Crippen molar-refractivity contribution >= 4 is 24.1 Å². The van der Waals surface area contributed by atoms with Crippen molar-refractivity contribution in [2.75, 3.05) is 13.6 Å². The predicted molar refractivity (Wildman–Crippen MR) is 108 cm³/mol. The van der Waals surface area contributed by atoms with Gasteiger partial charge in [-0.15, -0.1) is 0 Å². The van der Waals surface area contributed by atoms with Gasteiger partial charge in [0.2, 0.25) is 0 Å². The summed E-state index contributed by atoms with van der Waals surface area (Å²) >= 11 is 0. The number of allylic oxidation sites excluding steroid dienone is 3. The van der Waals surface area contributed by atoms with Crippen molar-refractivity contribution in [3.63, 3.8) is 0 Å². The first-order valence-electron chi connectivity index (χ1n) is 8.93. The Balaban J connectivity index is 2.16. The summed E-state index contributed by atoms with van der Waals surface area (Å²) in [5.41, 5.74) is 0.0730.